The molecule has 10 heteroatoms. The normalized spacial score (nSPS) is 10.6. The smallest absolute Gasteiger partial charge is 0.329 e. The average molecular weight is 496 g/mol. The van der Waals surface area contributed by atoms with Gasteiger partial charge in [-0.1, -0.05) is 18.2 Å². The van der Waals surface area contributed by atoms with Crippen LogP contribution >= 0.6 is 0 Å². The Hall–Kier alpha value is -4.60. The van der Waals surface area contributed by atoms with Gasteiger partial charge >= 0.3 is 11.8 Å². The Balaban J connectivity index is 1.61. The van der Waals surface area contributed by atoms with Crippen molar-refractivity contribution in [1.29, 1.82) is 0 Å². The summed E-state index contributed by atoms with van der Waals surface area (Å²) in [4.78, 5) is 24.4. The second-order valence-corrected chi connectivity index (χ2v) is 7.24. The number of hydrazone groups is 1. The molecule has 0 aromatic heterocycles. The fraction of sp³-hybridized carbons (Fsp3) is 0.192. The lowest BCUT2D eigenvalue weighted by molar-refractivity contribution is -0.136. The zero-order chi connectivity index (χ0) is 25.9. The summed E-state index contributed by atoms with van der Waals surface area (Å²) in [6.07, 6.45) is 1.35. The first kappa shape index (κ1) is 26.0. The fourth-order valence-electron chi connectivity index (χ4n) is 3.06. The van der Waals surface area contributed by atoms with Gasteiger partial charge in [0.05, 0.1) is 32.7 Å². The number of hydrogen-bond acceptors (Lipinski definition) is 7. The number of hydrogen-bond donors (Lipinski definition) is 2. The number of ether oxygens (including phenoxy) is 4. The van der Waals surface area contributed by atoms with Crippen molar-refractivity contribution in [2.75, 3.05) is 26.1 Å². The molecule has 0 radical (unpaired) electrons. The number of carbonyl (C=O) groups is 2. The number of nitrogens with zero attached hydrogens (tertiary/aromatic N) is 1. The molecule has 0 aliphatic rings. The van der Waals surface area contributed by atoms with E-state index in [9.17, 15) is 14.0 Å². The number of amides is 2. The third-order valence-corrected chi connectivity index (χ3v) is 4.85. The Bertz CT molecular complexity index is 1250. The highest BCUT2D eigenvalue weighted by Crippen LogP contribution is 2.30. The molecular weight excluding hydrogens is 469 g/mol. The van der Waals surface area contributed by atoms with Gasteiger partial charge in [0, 0.05) is 11.6 Å². The van der Waals surface area contributed by atoms with Crippen molar-refractivity contribution in [2.24, 2.45) is 5.10 Å². The maximum absolute atomic E-state index is 13.9. The van der Waals surface area contributed by atoms with Crippen LogP contribution in [0.2, 0.25) is 0 Å². The van der Waals surface area contributed by atoms with E-state index in [-0.39, 0.29) is 12.4 Å². The minimum atomic E-state index is -0.973. The van der Waals surface area contributed by atoms with Gasteiger partial charge in [0.15, 0.2) is 11.5 Å². The highest BCUT2D eigenvalue weighted by Gasteiger charge is 2.16. The van der Waals surface area contributed by atoms with Gasteiger partial charge in [-0.15, -0.1) is 0 Å². The summed E-state index contributed by atoms with van der Waals surface area (Å²) >= 11 is 0. The van der Waals surface area contributed by atoms with Crippen molar-refractivity contribution in [3.8, 4) is 23.0 Å². The molecule has 188 valence electrons. The molecule has 36 heavy (non-hydrogen) atoms. The number of methoxy groups -OCH3 is 2. The lowest BCUT2D eigenvalue weighted by Crippen LogP contribution is -2.32. The van der Waals surface area contributed by atoms with Crippen LogP contribution in [0.15, 0.2) is 65.8 Å². The minimum absolute atomic E-state index is 0.0321. The van der Waals surface area contributed by atoms with Gasteiger partial charge in [0.2, 0.25) is 0 Å². The predicted octanol–water partition coefficient (Wildman–Crippen LogP) is 3.91. The topological polar surface area (TPSA) is 107 Å². The molecule has 3 aromatic carbocycles. The maximum Gasteiger partial charge on any atom is 0.329 e. The Kier molecular flexibility index (Phi) is 9.21. The Labute approximate surface area is 207 Å². The van der Waals surface area contributed by atoms with Crippen molar-refractivity contribution in [3.63, 3.8) is 0 Å². The van der Waals surface area contributed by atoms with Gasteiger partial charge in [-0.3, -0.25) is 9.59 Å². The van der Waals surface area contributed by atoms with Crippen molar-refractivity contribution in [1.82, 2.24) is 5.43 Å². The summed E-state index contributed by atoms with van der Waals surface area (Å²) in [5.41, 5.74) is 3.46. The molecule has 0 fully saturated rings. The third kappa shape index (κ3) is 6.95. The van der Waals surface area contributed by atoms with Crippen LogP contribution in [0.3, 0.4) is 0 Å². The van der Waals surface area contributed by atoms with E-state index in [1.165, 1.54) is 26.5 Å². The highest BCUT2D eigenvalue weighted by atomic mass is 19.1. The van der Waals surface area contributed by atoms with Gasteiger partial charge < -0.3 is 24.3 Å². The van der Waals surface area contributed by atoms with Crippen molar-refractivity contribution in [3.05, 3.63) is 77.6 Å². The molecule has 0 saturated carbocycles. The molecule has 3 rings (SSSR count). The van der Waals surface area contributed by atoms with Crippen LogP contribution in [0.4, 0.5) is 10.1 Å². The highest BCUT2D eigenvalue weighted by molar-refractivity contribution is 6.39. The summed E-state index contributed by atoms with van der Waals surface area (Å²) in [6.45, 7) is 2.23. The van der Waals surface area contributed by atoms with E-state index in [0.717, 1.165) is 0 Å². The largest absolute Gasteiger partial charge is 0.497 e. The number of carbonyl (C=O) groups excluding carboxylic acids is 2. The molecule has 9 nitrogen and oxygen atoms in total. The van der Waals surface area contributed by atoms with E-state index in [0.29, 0.717) is 46.4 Å². The summed E-state index contributed by atoms with van der Waals surface area (Å²) < 4.78 is 35.5. The van der Waals surface area contributed by atoms with E-state index in [1.54, 1.807) is 54.6 Å². The lowest BCUT2D eigenvalue weighted by Gasteiger charge is -2.13. The van der Waals surface area contributed by atoms with Crippen molar-refractivity contribution in [2.45, 2.75) is 13.5 Å². The number of benzene rings is 3. The SMILES string of the molecule is CCOc1cc(/C=N/NC(=O)C(=O)Nc2ccc(OC)cc2OC)ccc1OCc1ccccc1F. The molecule has 0 spiro atoms. The summed E-state index contributed by atoms with van der Waals surface area (Å²) in [5, 5.41) is 6.29. The van der Waals surface area contributed by atoms with Gasteiger partial charge in [0.1, 0.15) is 23.9 Å². The number of anilines is 1. The first-order valence-electron chi connectivity index (χ1n) is 10.9. The molecular formula is C26H26FN3O6. The maximum atomic E-state index is 13.9. The van der Waals surface area contributed by atoms with E-state index in [4.69, 9.17) is 18.9 Å². The summed E-state index contributed by atoms with van der Waals surface area (Å²) in [7, 11) is 2.93. The number of halogens is 1. The van der Waals surface area contributed by atoms with Crippen LogP contribution in [-0.2, 0) is 16.2 Å². The second-order valence-electron chi connectivity index (χ2n) is 7.24. The third-order valence-electron chi connectivity index (χ3n) is 4.85. The Morgan fingerprint density at radius 1 is 0.917 bits per heavy atom. The van der Waals surface area contributed by atoms with E-state index < -0.39 is 11.8 Å². The first-order chi connectivity index (χ1) is 17.4. The molecule has 0 aliphatic carbocycles. The van der Waals surface area contributed by atoms with Gasteiger partial charge in [-0.2, -0.15) is 5.10 Å². The van der Waals surface area contributed by atoms with Gasteiger partial charge in [-0.25, -0.2) is 9.82 Å². The molecule has 2 N–H and O–H groups in total. The zero-order valence-corrected chi connectivity index (χ0v) is 20.0. The molecule has 0 heterocycles. The van der Waals surface area contributed by atoms with E-state index >= 15 is 0 Å². The second kappa shape index (κ2) is 12.7. The molecule has 0 aliphatic heterocycles. The summed E-state index contributed by atoms with van der Waals surface area (Å²) in [5.74, 6) is -0.540. The van der Waals surface area contributed by atoms with Crippen molar-refractivity contribution >= 4 is 23.7 Å². The van der Waals surface area contributed by atoms with Crippen molar-refractivity contribution < 1.29 is 32.9 Å². The van der Waals surface area contributed by atoms with E-state index in [2.05, 4.69) is 15.8 Å². The van der Waals surface area contributed by atoms with Crippen LogP contribution in [-0.4, -0.2) is 38.9 Å². The first-order valence-corrected chi connectivity index (χ1v) is 10.9. The number of nitrogens with one attached hydrogen (secondary N) is 2. The van der Waals surface area contributed by atoms with Gasteiger partial charge in [0.25, 0.3) is 0 Å². The average Bonchev–Trinajstić information content (AvgIpc) is 2.89. The molecule has 2 amide bonds. The van der Waals surface area contributed by atoms with Crippen LogP contribution in [0.1, 0.15) is 18.1 Å². The molecule has 0 bridgehead atoms. The predicted molar refractivity (Wildman–Crippen MR) is 132 cm³/mol. The minimum Gasteiger partial charge on any atom is -0.497 e. The fourth-order valence-corrected chi connectivity index (χ4v) is 3.06. The molecule has 0 unspecified atom stereocenters. The molecule has 3 aromatic rings. The van der Waals surface area contributed by atoms with Crippen LogP contribution < -0.4 is 29.7 Å². The van der Waals surface area contributed by atoms with Gasteiger partial charge in [-0.05, 0) is 48.9 Å². The monoisotopic (exact) mass is 495 g/mol. The standard InChI is InChI=1S/C26H26FN3O6/c1-4-35-24-13-17(9-12-22(24)36-16-18-7-5-6-8-20(18)27)15-28-30-26(32)25(31)29-21-11-10-19(33-2)14-23(21)34-3/h5-15H,4,16H2,1-3H3,(H,29,31)(H,30,32)/b28-15+. The Morgan fingerprint density at radius 2 is 1.72 bits per heavy atom. The van der Waals surface area contributed by atoms with Crippen LogP contribution in [0, 0.1) is 5.82 Å². The quantitative estimate of drug-likeness (QED) is 0.251. The lowest BCUT2D eigenvalue weighted by atomic mass is 10.2. The van der Waals surface area contributed by atoms with Crippen LogP contribution in [0.25, 0.3) is 0 Å². The zero-order valence-electron chi connectivity index (χ0n) is 20.0. The molecule has 0 saturated heterocycles. The van der Waals surface area contributed by atoms with Crippen LogP contribution in [0.5, 0.6) is 23.0 Å². The Morgan fingerprint density at radius 3 is 2.44 bits per heavy atom. The molecule has 0 atom stereocenters. The number of rotatable bonds is 10. The van der Waals surface area contributed by atoms with E-state index in [1.807, 2.05) is 6.92 Å². The summed E-state index contributed by atoms with van der Waals surface area (Å²) in [6, 6.07) is 16.1.